The molecule has 3 rings (SSSR count). The molecule has 2 aromatic carbocycles. The van der Waals surface area contributed by atoms with Crippen molar-refractivity contribution in [1.29, 1.82) is 0 Å². The maximum absolute atomic E-state index is 12.4. The Morgan fingerprint density at radius 1 is 1.16 bits per heavy atom. The van der Waals surface area contributed by atoms with Crippen LogP contribution in [-0.2, 0) is 0 Å². The van der Waals surface area contributed by atoms with Crippen LogP contribution in [-0.4, -0.2) is 19.6 Å². The zero-order chi connectivity index (χ0) is 17.9. The third kappa shape index (κ3) is 4.04. The molecule has 0 bridgehead atoms. The molecule has 1 N–H and O–H groups in total. The molecule has 0 radical (unpaired) electrons. The van der Waals surface area contributed by atoms with Gasteiger partial charge in [0.1, 0.15) is 5.75 Å². The number of carbonyl (C=O) groups is 1. The van der Waals surface area contributed by atoms with Crippen molar-refractivity contribution in [1.82, 2.24) is 5.32 Å². The van der Waals surface area contributed by atoms with Crippen molar-refractivity contribution < 1.29 is 9.53 Å². The van der Waals surface area contributed by atoms with Crippen molar-refractivity contribution in [2.24, 2.45) is 11.3 Å². The van der Waals surface area contributed by atoms with Crippen molar-refractivity contribution in [3.63, 3.8) is 0 Å². The van der Waals surface area contributed by atoms with E-state index in [0.29, 0.717) is 16.9 Å². The van der Waals surface area contributed by atoms with E-state index in [2.05, 4.69) is 19.2 Å². The molecule has 2 aromatic rings. The van der Waals surface area contributed by atoms with Gasteiger partial charge in [-0.2, -0.15) is 0 Å². The van der Waals surface area contributed by atoms with Crippen LogP contribution in [0.4, 0.5) is 0 Å². The summed E-state index contributed by atoms with van der Waals surface area (Å²) < 4.78 is 5.27. The largest absolute Gasteiger partial charge is 0.497 e. The van der Waals surface area contributed by atoms with Crippen LogP contribution in [0.3, 0.4) is 0 Å². The van der Waals surface area contributed by atoms with Gasteiger partial charge >= 0.3 is 0 Å². The van der Waals surface area contributed by atoms with E-state index in [-0.39, 0.29) is 5.91 Å². The van der Waals surface area contributed by atoms with Gasteiger partial charge in [-0.1, -0.05) is 44.5 Å². The van der Waals surface area contributed by atoms with Gasteiger partial charge in [0, 0.05) is 12.1 Å². The van der Waals surface area contributed by atoms with Crippen LogP contribution in [0.15, 0.2) is 48.5 Å². The Hall–Kier alpha value is -2.29. The maximum Gasteiger partial charge on any atom is 0.251 e. The Balaban J connectivity index is 1.64. The van der Waals surface area contributed by atoms with E-state index in [4.69, 9.17) is 4.74 Å². The Labute approximate surface area is 150 Å². The normalized spacial score (nSPS) is 18.8. The number of nitrogens with one attached hydrogen (secondary N) is 1. The van der Waals surface area contributed by atoms with Crippen molar-refractivity contribution in [3.8, 4) is 16.9 Å². The lowest BCUT2D eigenvalue weighted by atomic mass is 9.82. The first-order valence-corrected chi connectivity index (χ1v) is 9.02. The second kappa shape index (κ2) is 7.30. The number of methoxy groups -OCH3 is 1. The quantitative estimate of drug-likeness (QED) is 0.841. The van der Waals surface area contributed by atoms with E-state index in [1.54, 1.807) is 7.11 Å². The predicted molar refractivity (Wildman–Crippen MR) is 102 cm³/mol. The van der Waals surface area contributed by atoms with Crippen LogP contribution in [0.2, 0.25) is 0 Å². The van der Waals surface area contributed by atoms with E-state index >= 15 is 0 Å². The van der Waals surface area contributed by atoms with Crippen LogP contribution >= 0.6 is 0 Å². The predicted octanol–water partition coefficient (Wildman–Crippen LogP) is 4.92. The molecule has 1 atom stereocenters. The summed E-state index contributed by atoms with van der Waals surface area (Å²) in [4.78, 5) is 12.4. The maximum atomic E-state index is 12.4. The van der Waals surface area contributed by atoms with Gasteiger partial charge < -0.3 is 10.1 Å². The SMILES string of the molecule is COc1cccc(-c2ccc(C(=O)NCC3CCCC3(C)C)cc2)c1. The van der Waals surface area contributed by atoms with Gasteiger partial charge in [-0.15, -0.1) is 0 Å². The molecule has 132 valence electrons. The Morgan fingerprint density at radius 2 is 1.92 bits per heavy atom. The number of amides is 1. The summed E-state index contributed by atoms with van der Waals surface area (Å²) in [5.41, 5.74) is 3.21. The fourth-order valence-electron chi connectivity index (χ4n) is 3.71. The van der Waals surface area contributed by atoms with Crippen LogP contribution in [0.5, 0.6) is 5.75 Å². The molecule has 1 saturated carbocycles. The molecule has 3 heteroatoms. The lowest BCUT2D eigenvalue weighted by Gasteiger charge is -2.27. The van der Waals surface area contributed by atoms with E-state index in [1.165, 1.54) is 19.3 Å². The summed E-state index contributed by atoms with van der Waals surface area (Å²) in [7, 11) is 1.66. The summed E-state index contributed by atoms with van der Waals surface area (Å²) in [6, 6.07) is 15.7. The van der Waals surface area contributed by atoms with Crippen molar-refractivity contribution in [3.05, 3.63) is 54.1 Å². The summed E-state index contributed by atoms with van der Waals surface area (Å²) >= 11 is 0. The van der Waals surface area contributed by atoms with Crippen molar-refractivity contribution >= 4 is 5.91 Å². The third-order valence-electron chi connectivity index (χ3n) is 5.54. The molecule has 1 amide bonds. The summed E-state index contributed by atoms with van der Waals surface area (Å²) in [6.45, 7) is 5.38. The minimum Gasteiger partial charge on any atom is -0.497 e. The average Bonchev–Trinajstić information content (AvgIpc) is 2.98. The van der Waals surface area contributed by atoms with Gasteiger partial charge in [0.2, 0.25) is 0 Å². The van der Waals surface area contributed by atoms with Crippen molar-refractivity contribution in [2.75, 3.05) is 13.7 Å². The smallest absolute Gasteiger partial charge is 0.251 e. The van der Waals surface area contributed by atoms with Gasteiger partial charge in [-0.3, -0.25) is 4.79 Å². The van der Waals surface area contributed by atoms with E-state index in [0.717, 1.165) is 23.4 Å². The van der Waals surface area contributed by atoms with Gasteiger partial charge in [0.25, 0.3) is 5.91 Å². The molecule has 25 heavy (non-hydrogen) atoms. The third-order valence-corrected chi connectivity index (χ3v) is 5.54. The topological polar surface area (TPSA) is 38.3 Å². The first-order valence-electron chi connectivity index (χ1n) is 9.02. The first kappa shape index (κ1) is 17.5. The molecule has 1 aliphatic carbocycles. The Bertz CT molecular complexity index is 734. The minimum atomic E-state index is 0.0138. The highest BCUT2D eigenvalue weighted by atomic mass is 16.5. The molecule has 0 heterocycles. The number of hydrogen-bond donors (Lipinski definition) is 1. The lowest BCUT2D eigenvalue weighted by Crippen LogP contribution is -2.33. The van der Waals surface area contributed by atoms with Crippen molar-refractivity contribution in [2.45, 2.75) is 33.1 Å². The first-order chi connectivity index (χ1) is 12.0. The minimum absolute atomic E-state index is 0.0138. The Morgan fingerprint density at radius 3 is 2.56 bits per heavy atom. The van der Waals surface area contributed by atoms with Crippen LogP contribution < -0.4 is 10.1 Å². The Kier molecular flexibility index (Phi) is 5.12. The second-order valence-corrected chi connectivity index (χ2v) is 7.60. The van der Waals surface area contributed by atoms with Gasteiger partial charge in [0.15, 0.2) is 0 Å². The molecule has 0 saturated heterocycles. The highest BCUT2D eigenvalue weighted by Crippen LogP contribution is 2.42. The van der Waals surface area contributed by atoms with Gasteiger partial charge in [-0.05, 0) is 59.6 Å². The molecule has 0 aromatic heterocycles. The molecular weight excluding hydrogens is 310 g/mol. The van der Waals surface area contributed by atoms with Crippen LogP contribution in [0, 0.1) is 11.3 Å². The molecule has 3 nitrogen and oxygen atoms in total. The monoisotopic (exact) mass is 337 g/mol. The fourth-order valence-corrected chi connectivity index (χ4v) is 3.71. The lowest BCUT2D eigenvalue weighted by molar-refractivity contribution is 0.0937. The molecule has 1 fully saturated rings. The standard InChI is InChI=1S/C22H27NO2/c1-22(2)13-5-7-19(22)15-23-21(24)17-11-9-16(10-12-17)18-6-4-8-20(14-18)25-3/h4,6,8-12,14,19H,5,7,13,15H2,1-3H3,(H,23,24). The molecule has 1 unspecified atom stereocenters. The summed E-state index contributed by atoms with van der Waals surface area (Å²) in [6.07, 6.45) is 3.73. The summed E-state index contributed by atoms with van der Waals surface area (Å²) in [5, 5.41) is 3.12. The highest BCUT2D eigenvalue weighted by Gasteiger charge is 2.34. The van der Waals surface area contributed by atoms with E-state index < -0.39 is 0 Å². The fraction of sp³-hybridized carbons (Fsp3) is 0.409. The van der Waals surface area contributed by atoms with Gasteiger partial charge in [-0.25, -0.2) is 0 Å². The van der Waals surface area contributed by atoms with Gasteiger partial charge in [0.05, 0.1) is 7.11 Å². The molecule has 1 aliphatic rings. The van der Waals surface area contributed by atoms with E-state index in [1.807, 2.05) is 48.5 Å². The number of hydrogen-bond acceptors (Lipinski definition) is 2. The number of rotatable bonds is 5. The highest BCUT2D eigenvalue weighted by molar-refractivity contribution is 5.94. The van der Waals surface area contributed by atoms with E-state index in [9.17, 15) is 4.79 Å². The number of carbonyl (C=O) groups excluding carboxylic acids is 1. The average molecular weight is 337 g/mol. The second-order valence-electron chi connectivity index (χ2n) is 7.60. The molecule has 0 spiro atoms. The number of ether oxygens (including phenoxy) is 1. The zero-order valence-corrected chi connectivity index (χ0v) is 15.3. The molecule has 0 aliphatic heterocycles. The summed E-state index contributed by atoms with van der Waals surface area (Å²) in [5.74, 6) is 1.42. The number of benzene rings is 2. The zero-order valence-electron chi connectivity index (χ0n) is 15.3. The van der Waals surface area contributed by atoms with Crippen LogP contribution in [0.25, 0.3) is 11.1 Å². The van der Waals surface area contributed by atoms with Crippen LogP contribution in [0.1, 0.15) is 43.5 Å². The molecular formula is C22H27NO2.